The van der Waals surface area contributed by atoms with Gasteiger partial charge < -0.3 is 4.74 Å². The van der Waals surface area contributed by atoms with Crippen LogP contribution in [0.2, 0.25) is 0 Å². The van der Waals surface area contributed by atoms with Gasteiger partial charge in [0.15, 0.2) is 0 Å². The van der Waals surface area contributed by atoms with Gasteiger partial charge in [-0.1, -0.05) is 12.2 Å². The van der Waals surface area contributed by atoms with Crippen LogP contribution in [0, 0.1) is 17.8 Å². The molecule has 2 bridgehead atoms. The molecule has 0 saturated heterocycles. The van der Waals surface area contributed by atoms with Gasteiger partial charge in [-0.3, -0.25) is 4.79 Å². The molecule has 2 nitrogen and oxygen atoms in total. The van der Waals surface area contributed by atoms with Crippen LogP contribution >= 0.6 is 0 Å². The third-order valence-electron chi connectivity index (χ3n) is 3.08. The fourth-order valence-electron chi connectivity index (χ4n) is 2.35. The summed E-state index contributed by atoms with van der Waals surface area (Å²) in [5, 5.41) is 0. The van der Waals surface area contributed by atoms with Crippen molar-refractivity contribution in [3.8, 4) is 0 Å². The van der Waals surface area contributed by atoms with Crippen LogP contribution < -0.4 is 0 Å². The standard InChI is InChI=1S/C10H14O2/c1-12-10(11)9-6-7-2-4-8(9)5-3-7/h2,4,7-9H,3,5-6H2,1H3/t7-,8+,9-/m0/s1. The third kappa shape index (κ3) is 1.15. The molecule has 0 spiro atoms. The summed E-state index contributed by atoms with van der Waals surface area (Å²) < 4.78 is 4.77. The Morgan fingerprint density at radius 2 is 2.25 bits per heavy atom. The van der Waals surface area contributed by atoms with E-state index in [1.54, 1.807) is 0 Å². The van der Waals surface area contributed by atoms with Gasteiger partial charge in [-0.05, 0) is 31.1 Å². The summed E-state index contributed by atoms with van der Waals surface area (Å²) in [6, 6.07) is 0. The van der Waals surface area contributed by atoms with Crippen molar-refractivity contribution in [2.24, 2.45) is 17.8 Å². The number of fused-ring (bicyclic) bond motifs is 2. The maximum Gasteiger partial charge on any atom is 0.309 e. The predicted molar refractivity (Wildman–Crippen MR) is 45.5 cm³/mol. The third-order valence-corrected chi connectivity index (χ3v) is 3.08. The maximum atomic E-state index is 11.3. The number of methoxy groups -OCH3 is 1. The van der Waals surface area contributed by atoms with E-state index in [4.69, 9.17) is 4.74 Å². The summed E-state index contributed by atoms with van der Waals surface area (Å²) in [7, 11) is 1.48. The number of carbonyl (C=O) groups excluding carboxylic acids is 1. The molecule has 12 heavy (non-hydrogen) atoms. The first-order valence-electron chi connectivity index (χ1n) is 4.57. The Morgan fingerprint density at radius 3 is 2.67 bits per heavy atom. The fourth-order valence-corrected chi connectivity index (χ4v) is 2.35. The summed E-state index contributed by atoms with van der Waals surface area (Å²) in [6.45, 7) is 0. The Kier molecular flexibility index (Phi) is 1.91. The summed E-state index contributed by atoms with van der Waals surface area (Å²) in [5.41, 5.74) is 0. The monoisotopic (exact) mass is 166 g/mol. The highest BCUT2D eigenvalue weighted by Gasteiger charge is 2.36. The van der Waals surface area contributed by atoms with E-state index < -0.39 is 0 Å². The normalized spacial score (nSPS) is 38.2. The average molecular weight is 166 g/mol. The van der Waals surface area contributed by atoms with E-state index in [0.29, 0.717) is 11.8 Å². The first-order chi connectivity index (χ1) is 5.81. The van der Waals surface area contributed by atoms with Gasteiger partial charge in [-0.15, -0.1) is 0 Å². The van der Waals surface area contributed by atoms with E-state index in [-0.39, 0.29) is 11.9 Å². The molecule has 0 aliphatic heterocycles. The second-order valence-corrected chi connectivity index (χ2v) is 3.75. The lowest BCUT2D eigenvalue weighted by atomic mass is 9.69. The minimum absolute atomic E-state index is 0.0194. The highest BCUT2D eigenvalue weighted by atomic mass is 16.5. The van der Waals surface area contributed by atoms with Gasteiger partial charge in [-0.25, -0.2) is 0 Å². The second-order valence-electron chi connectivity index (χ2n) is 3.75. The van der Waals surface area contributed by atoms with E-state index in [0.717, 1.165) is 6.42 Å². The molecule has 3 rings (SSSR count). The minimum Gasteiger partial charge on any atom is -0.469 e. The number of ether oxygens (including phenoxy) is 1. The summed E-state index contributed by atoms with van der Waals surface area (Å²) >= 11 is 0. The van der Waals surface area contributed by atoms with Crippen LogP contribution in [0.1, 0.15) is 19.3 Å². The quantitative estimate of drug-likeness (QED) is 0.438. The van der Waals surface area contributed by atoms with Crippen molar-refractivity contribution < 1.29 is 9.53 Å². The van der Waals surface area contributed by atoms with E-state index in [2.05, 4.69) is 12.2 Å². The molecule has 0 N–H and O–H groups in total. The van der Waals surface area contributed by atoms with Crippen LogP contribution in [0.5, 0.6) is 0 Å². The van der Waals surface area contributed by atoms with E-state index in [1.165, 1.54) is 20.0 Å². The van der Waals surface area contributed by atoms with Gasteiger partial charge in [-0.2, -0.15) is 0 Å². The molecule has 66 valence electrons. The Labute approximate surface area is 72.6 Å². The Morgan fingerprint density at radius 1 is 1.42 bits per heavy atom. The van der Waals surface area contributed by atoms with Crippen LogP contribution in [-0.4, -0.2) is 13.1 Å². The molecule has 0 radical (unpaired) electrons. The van der Waals surface area contributed by atoms with Gasteiger partial charge in [0.2, 0.25) is 0 Å². The zero-order chi connectivity index (χ0) is 8.55. The molecule has 3 aliphatic rings. The molecule has 3 aliphatic carbocycles. The number of allylic oxidation sites excluding steroid dienone is 2. The SMILES string of the molecule is COC(=O)[C@H]1C[C@H]2C=C[C@@H]1CC2. The summed E-state index contributed by atoms with van der Waals surface area (Å²) in [6.07, 6.45) is 7.89. The molecule has 0 aromatic carbocycles. The molecule has 3 atom stereocenters. The lowest BCUT2D eigenvalue weighted by Crippen LogP contribution is -2.33. The van der Waals surface area contributed by atoms with Crippen LogP contribution in [0.3, 0.4) is 0 Å². The Balaban J connectivity index is 2.11. The topological polar surface area (TPSA) is 26.3 Å². The van der Waals surface area contributed by atoms with E-state index in [9.17, 15) is 4.79 Å². The first-order valence-corrected chi connectivity index (χ1v) is 4.57. The second kappa shape index (κ2) is 2.92. The van der Waals surface area contributed by atoms with Crippen molar-refractivity contribution in [2.45, 2.75) is 19.3 Å². The zero-order valence-corrected chi connectivity index (χ0v) is 7.32. The van der Waals surface area contributed by atoms with Crippen molar-refractivity contribution in [1.29, 1.82) is 0 Å². The molecular formula is C10H14O2. The largest absolute Gasteiger partial charge is 0.469 e. The lowest BCUT2D eigenvalue weighted by Gasteiger charge is -2.36. The molecule has 1 saturated carbocycles. The molecule has 0 amide bonds. The Bertz CT molecular complexity index is 220. The van der Waals surface area contributed by atoms with Crippen molar-refractivity contribution >= 4 is 5.97 Å². The van der Waals surface area contributed by atoms with Crippen molar-refractivity contribution in [3.05, 3.63) is 12.2 Å². The average Bonchev–Trinajstić information content (AvgIpc) is 2.18. The van der Waals surface area contributed by atoms with E-state index >= 15 is 0 Å². The smallest absolute Gasteiger partial charge is 0.309 e. The van der Waals surface area contributed by atoms with Crippen LogP contribution in [0.25, 0.3) is 0 Å². The summed E-state index contributed by atoms with van der Waals surface area (Å²) in [5.74, 6) is 1.23. The molecule has 0 heterocycles. The highest BCUT2D eigenvalue weighted by Crippen LogP contribution is 2.40. The number of carbonyl (C=O) groups is 1. The molecule has 0 unspecified atom stereocenters. The minimum atomic E-state index is -0.0194. The van der Waals surface area contributed by atoms with Crippen LogP contribution in [0.4, 0.5) is 0 Å². The number of esters is 1. The predicted octanol–water partition coefficient (Wildman–Crippen LogP) is 1.76. The molecule has 0 aromatic rings. The first kappa shape index (κ1) is 7.84. The molecule has 2 heteroatoms. The number of rotatable bonds is 1. The van der Waals surface area contributed by atoms with Crippen molar-refractivity contribution in [1.82, 2.24) is 0 Å². The molecular weight excluding hydrogens is 152 g/mol. The van der Waals surface area contributed by atoms with Crippen molar-refractivity contribution in [2.75, 3.05) is 7.11 Å². The van der Waals surface area contributed by atoms with Crippen LogP contribution in [-0.2, 0) is 9.53 Å². The summed E-state index contributed by atoms with van der Waals surface area (Å²) in [4.78, 5) is 11.3. The van der Waals surface area contributed by atoms with Crippen LogP contribution in [0.15, 0.2) is 12.2 Å². The number of hydrogen-bond acceptors (Lipinski definition) is 2. The van der Waals surface area contributed by atoms with Gasteiger partial charge in [0.1, 0.15) is 0 Å². The van der Waals surface area contributed by atoms with Gasteiger partial charge in [0, 0.05) is 0 Å². The van der Waals surface area contributed by atoms with Crippen molar-refractivity contribution in [3.63, 3.8) is 0 Å². The Hall–Kier alpha value is -0.790. The molecule has 1 fully saturated rings. The van der Waals surface area contributed by atoms with Gasteiger partial charge in [0.25, 0.3) is 0 Å². The maximum absolute atomic E-state index is 11.3. The fraction of sp³-hybridized carbons (Fsp3) is 0.700. The number of hydrogen-bond donors (Lipinski definition) is 0. The van der Waals surface area contributed by atoms with Gasteiger partial charge in [0.05, 0.1) is 13.0 Å². The van der Waals surface area contributed by atoms with E-state index in [1.807, 2.05) is 0 Å². The zero-order valence-electron chi connectivity index (χ0n) is 7.32. The highest BCUT2D eigenvalue weighted by molar-refractivity contribution is 5.73. The van der Waals surface area contributed by atoms with Gasteiger partial charge >= 0.3 is 5.97 Å². The lowest BCUT2D eigenvalue weighted by molar-refractivity contribution is -0.148. The molecule has 0 aromatic heterocycles.